The molecule has 0 bridgehead atoms. The maximum absolute atomic E-state index is 12.0. The fraction of sp³-hybridized carbons (Fsp3) is 0.778. The van der Waals surface area contributed by atoms with Crippen LogP contribution in [0.1, 0.15) is 36.3 Å². The van der Waals surface area contributed by atoms with Crippen LogP contribution in [0.4, 0.5) is 0 Å². The van der Waals surface area contributed by atoms with Crippen molar-refractivity contribution in [3.8, 4) is 0 Å². The molecule has 1 unspecified atom stereocenters. The van der Waals surface area contributed by atoms with E-state index in [1.807, 2.05) is 4.90 Å². The van der Waals surface area contributed by atoms with E-state index in [9.17, 15) is 4.79 Å². The molecule has 0 saturated carbocycles. The van der Waals surface area contributed by atoms with E-state index in [1.54, 1.807) is 0 Å². The summed E-state index contributed by atoms with van der Waals surface area (Å²) in [5, 5.41) is 13.1. The predicted octanol–water partition coefficient (Wildman–Crippen LogP) is -0.457. The van der Waals surface area contributed by atoms with E-state index in [4.69, 9.17) is 5.73 Å². The van der Waals surface area contributed by atoms with E-state index < -0.39 is 0 Å². The molecule has 1 aliphatic heterocycles. The molecule has 16 heavy (non-hydrogen) atoms. The number of rotatable bonds is 3. The van der Waals surface area contributed by atoms with Crippen LogP contribution in [0.15, 0.2) is 0 Å². The van der Waals surface area contributed by atoms with Crippen LogP contribution < -0.4 is 5.73 Å². The molecular weight excluding hydrogens is 208 g/mol. The van der Waals surface area contributed by atoms with Gasteiger partial charge >= 0.3 is 0 Å². The zero-order chi connectivity index (χ0) is 11.4. The lowest BCUT2D eigenvalue weighted by Crippen LogP contribution is -2.45. The molecule has 7 heteroatoms. The molecular formula is C9H16N6O. The number of nitrogens with one attached hydrogen (secondary N) is 1. The maximum atomic E-state index is 12.0. The number of aromatic amines is 1. The summed E-state index contributed by atoms with van der Waals surface area (Å²) in [4.78, 5) is 13.9. The zero-order valence-corrected chi connectivity index (χ0v) is 9.09. The summed E-state index contributed by atoms with van der Waals surface area (Å²) < 4.78 is 0. The van der Waals surface area contributed by atoms with E-state index in [2.05, 4.69) is 20.6 Å². The molecule has 1 aromatic heterocycles. The van der Waals surface area contributed by atoms with E-state index in [-0.39, 0.29) is 17.8 Å². The lowest BCUT2D eigenvalue weighted by Gasteiger charge is -2.34. The molecule has 2 heterocycles. The quantitative estimate of drug-likeness (QED) is 0.723. The lowest BCUT2D eigenvalue weighted by molar-refractivity contribution is 0.0592. The van der Waals surface area contributed by atoms with Crippen LogP contribution in [0.5, 0.6) is 0 Å². The Kier molecular flexibility index (Phi) is 3.45. The first-order valence-electron chi connectivity index (χ1n) is 5.57. The number of hydrogen-bond donors (Lipinski definition) is 2. The summed E-state index contributed by atoms with van der Waals surface area (Å²) in [6, 6.07) is 0.227. The van der Waals surface area contributed by atoms with Gasteiger partial charge in [0.05, 0.1) is 0 Å². The van der Waals surface area contributed by atoms with E-state index >= 15 is 0 Å². The van der Waals surface area contributed by atoms with Crippen LogP contribution in [-0.2, 0) is 0 Å². The second kappa shape index (κ2) is 5.02. The topological polar surface area (TPSA) is 101 Å². The van der Waals surface area contributed by atoms with Gasteiger partial charge in [0.2, 0.25) is 0 Å². The zero-order valence-electron chi connectivity index (χ0n) is 9.09. The minimum absolute atomic E-state index is 0.143. The number of nitrogens with zero attached hydrogens (tertiary/aromatic N) is 4. The Morgan fingerprint density at radius 1 is 1.56 bits per heavy atom. The summed E-state index contributed by atoms with van der Waals surface area (Å²) in [5.41, 5.74) is 5.55. The molecule has 1 atom stereocenters. The average Bonchev–Trinajstić information content (AvgIpc) is 2.83. The van der Waals surface area contributed by atoms with Crippen molar-refractivity contribution >= 4 is 5.91 Å². The fourth-order valence-electron chi connectivity index (χ4n) is 2.14. The van der Waals surface area contributed by atoms with Gasteiger partial charge in [-0.05, 0) is 37.4 Å². The number of H-pyrrole nitrogens is 1. The van der Waals surface area contributed by atoms with Gasteiger partial charge in [0.15, 0.2) is 0 Å². The monoisotopic (exact) mass is 224 g/mol. The van der Waals surface area contributed by atoms with Crippen molar-refractivity contribution in [1.82, 2.24) is 25.5 Å². The lowest BCUT2D eigenvalue weighted by atomic mass is 9.99. The SMILES string of the molecule is NCCC1CCCCN1C(=O)c1nn[nH]n1. The van der Waals surface area contributed by atoms with Crippen molar-refractivity contribution in [2.75, 3.05) is 13.1 Å². The van der Waals surface area contributed by atoms with Crippen molar-refractivity contribution in [1.29, 1.82) is 0 Å². The number of amides is 1. The van der Waals surface area contributed by atoms with Gasteiger partial charge in [-0.15, -0.1) is 10.2 Å². The highest BCUT2D eigenvalue weighted by Crippen LogP contribution is 2.20. The van der Waals surface area contributed by atoms with Gasteiger partial charge in [0.25, 0.3) is 11.7 Å². The highest BCUT2D eigenvalue weighted by atomic mass is 16.2. The average molecular weight is 224 g/mol. The van der Waals surface area contributed by atoms with E-state index in [0.717, 1.165) is 32.2 Å². The Morgan fingerprint density at radius 3 is 3.12 bits per heavy atom. The Bertz CT molecular complexity index is 336. The first kappa shape index (κ1) is 11.0. The number of likely N-dealkylation sites (tertiary alicyclic amines) is 1. The number of tetrazole rings is 1. The number of aromatic nitrogens is 4. The molecule has 1 amide bonds. The summed E-state index contributed by atoms with van der Waals surface area (Å²) in [6.45, 7) is 1.36. The highest BCUT2D eigenvalue weighted by molar-refractivity contribution is 5.90. The van der Waals surface area contributed by atoms with Gasteiger partial charge in [0, 0.05) is 12.6 Å². The second-order valence-corrected chi connectivity index (χ2v) is 3.96. The summed E-state index contributed by atoms with van der Waals surface area (Å²) in [6.07, 6.45) is 4.04. The molecule has 1 fully saturated rings. The second-order valence-electron chi connectivity index (χ2n) is 3.96. The molecule has 2 rings (SSSR count). The summed E-state index contributed by atoms with van der Waals surface area (Å²) >= 11 is 0. The third kappa shape index (κ3) is 2.19. The van der Waals surface area contributed by atoms with Crippen LogP contribution in [0.3, 0.4) is 0 Å². The van der Waals surface area contributed by atoms with E-state index in [1.165, 1.54) is 0 Å². The molecule has 88 valence electrons. The number of hydrogen-bond acceptors (Lipinski definition) is 5. The normalized spacial score (nSPS) is 21.1. The van der Waals surface area contributed by atoms with Gasteiger partial charge < -0.3 is 10.6 Å². The third-order valence-electron chi connectivity index (χ3n) is 2.92. The molecule has 7 nitrogen and oxygen atoms in total. The summed E-state index contributed by atoms with van der Waals surface area (Å²) in [5.74, 6) is -0.00387. The van der Waals surface area contributed by atoms with Crippen LogP contribution in [0, 0.1) is 0 Å². The first-order valence-corrected chi connectivity index (χ1v) is 5.57. The molecule has 0 aliphatic carbocycles. The van der Waals surface area contributed by atoms with Crippen LogP contribution in [0.2, 0.25) is 0 Å². The van der Waals surface area contributed by atoms with E-state index in [0.29, 0.717) is 6.54 Å². The molecule has 0 spiro atoms. The van der Waals surface area contributed by atoms with Crippen molar-refractivity contribution in [3.63, 3.8) is 0 Å². The molecule has 0 radical (unpaired) electrons. The van der Waals surface area contributed by atoms with Gasteiger partial charge in [-0.25, -0.2) is 0 Å². The number of nitrogens with two attached hydrogens (primary N) is 1. The minimum Gasteiger partial charge on any atom is -0.333 e. The van der Waals surface area contributed by atoms with Crippen LogP contribution in [-0.4, -0.2) is 50.6 Å². The Morgan fingerprint density at radius 2 is 2.44 bits per heavy atom. The van der Waals surface area contributed by atoms with Gasteiger partial charge in [0.1, 0.15) is 0 Å². The Labute approximate surface area is 93.4 Å². The largest absolute Gasteiger partial charge is 0.333 e. The molecule has 0 aromatic carbocycles. The standard InChI is InChI=1S/C9H16N6O/c10-5-4-7-3-1-2-6-15(7)9(16)8-11-13-14-12-8/h7H,1-6,10H2,(H,11,12,13,14). The van der Waals surface area contributed by atoms with Gasteiger partial charge in [-0.2, -0.15) is 5.21 Å². The predicted molar refractivity (Wildman–Crippen MR) is 56.5 cm³/mol. The molecule has 3 N–H and O–H groups in total. The Balaban J connectivity index is 2.08. The van der Waals surface area contributed by atoms with Crippen molar-refractivity contribution in [2.45, 2.75) is 31.7 Å². The minimum atomic E-state index is -0.146. The third-order valence-corrected chi connectivity index (χ3v) is 2.92. The Hall–Kier alpha value is -1.50. The van der Waals surface area contributed by atoms with Crippen LogP contribution in [0.25, 0.3) is 0 Å². The number of carbonyl (C=O) groups excluding carboxylic acids is 1. The molecule has 1 saturated heterocycles. The van der Waals surface area contributed by atoms with Crippen molar-refractivity contribution in [3.05, 3.63) is 5.82 Å². The maximum Gasteiger partial charge on any atom is 0.295 e. The van der Waals surface area contributed by atoms with Gasteiger partial charge in [-0.1, -0.05) is 0 Å². The van der Waals surface area contributed by atoms with Crippen molar-refractivity contribution < 1.29 is 4.79 Å². The fourth-order valence-corrected chi connectivity index (χ4v) is 2.14. The highest BCUT2D eigenvalue weighted by Gasteiger charge is 2.28. The smallest absolute Gasteiger partial charge is 0.295 e. The first-order chi connectivity index (χ1) is 7.83. The van der Waals surface area contributed by atoms with Gasteiger partial charge in [-0.3, -0.25) is 4.79 Å². The molecule has 1 aliphatic rings. The number of piperidine rings is 1. The van der Waals surface area contributed by atoms with Crippen LogP contribution >= 0.6 is 0 Å². The van der Waals surface area contributed by atoms with Crippen molar-refractivity contribution in [2.24, 2.45) is 5.73 Å². The molecule has 1 aromatic rings. The summed E-state index contributed by atoms with van der Waals surface area (Å²) in [7, 11) is 0. The number of carbonyl (C=O) groups is 1.